The maximum atomic E-state index is 13.7. The third-order valence-electron chi connectivity index (χ3n) is 4.06. The van der Waals surface area contributed by atoms with Crippen molar-refractivity contribution in [3.8, 4) is 0 Å². The lowest BCUT2D eigenvalue weighted by atomic mass is 10.2. The van der Waals surface area contributed by atoms with Gasteiger partial charge in [-0.15, -0.1) is 0 Å². The van der Waals surface area contributed by atoms with Crippen LogP contribution in [0.25, 0.3) is 6.08 Å². The lowest BCUT2D eigenvalue weighted by Gasteiger charge is -2.11. The van der Waals surface area contributed by atoms with Crippen LogP contribution >= 0.6 is 12.2 Å². The van der Waals surface area contributed by atoms with E-state index in [0.29, 0.717) is 5.69 Å². The van der Waals surface area contributed by atoms with Gasteiger partial charge in [0.1, 0.15) is 11.6 Å². The number of nitrogens with one attached hydrogen (secondary N) is 3. The van der Waals surface area contributed by atoms with Crippen LogP contribution in [0.2, 0.25) is 0 Å². The van der Waals surface area contributed by atoms with E-state index in [1.54, 1.807) is 6.08 Å². The van der Waals surface area contributed by atoms with Gasteiger partial charge in [0.15, 0.2) is 5.11 Å². The van der Waals surface area contributed by atoms with Gasteiger partial charge in [-0.2, -0.15) is 0 Å². The molecule has 0 aromatic heterocycles. The largest absolute Gasteiger partial charge is 0.332 e. The Bertz CT molecular complexity index is 1260. The van der Waals surface area contributed by atoms with Gasteiger partial charge in [-0.3, -0.25) is 14.8 Å². The molecular formula is C22H17F2N3O3S2. The quantitative estimate of drug-likeness (QED) is 0.367. The molecule has 3 rings (SSSR count). The van der Waals surface area contributed by atoms with Gasteiger partial charge in [0.2, 0.25) is 5.91 Å². The summed E-state index contributed by atoms with van der Waals surface area (Å²) in [6, 6.07) is 17.0. The summed E-state index contributed by atoms with van der Waals surface area (Å²) in [5.74, 6) is -2.12. The monoisotopic (exact) mass is 473 g/mol. The molecule has 0 aliphatic carbocycles. The molecule has 1 amide bonds. The van der Waals surface area contributed by atoms with Gasteiger partial charge in [0, 0.05) is 17.8 Å². The van der Waals surface area contributed by atoms with E-state index in [1.807, 2.05) is 35.1 Å². The van der Waals surface area contributed by atoms with Gasteiger partial charge < -0.3 is 5.32 Å². The Morgan fingerprint density at radius 2 is 1.62 bits per heavy atom. The van der Waals surface area contributed by atoms with Crippen molar-refractivity contribution in [2.24, 2.45) is 0 Å². The van der Waals surface area contributed by atoms with Crippen LogP contribution < -0.4 is 15.4 Å². The molecule has 164 valence electrons. The average molecular weight is 474 g/mol. The van der Waals surface area contributed by atoms with Crippen LogP contribution in [0.4, 0.5) is 20.2 Å². The number of amides is 1. The molecule has 0 radical (unpaired) electrons. The van der Waals surface area contributed by atoms with Gasteiger partial charge in [0.25, 0.3) is 10.0 Å². The molecule has 32 heavy (non-hydrogen) atoms. The number of sulfonamides is 1. The van der Waals surface area contributed by atoms with Crippen LogP contribution in [0.3, 0.4) is 0 Å². The summed E-state index contributed by atoms with van der Waals surface area (Å²) in [5, 5.41) is 5.25. The minimum Gasteiger partial charge on any atom is -0.332 e. The zero-order valence-electron chi connectivity index (χ0n) is 16.4. The summed E-state index contributed by atoms with van der Waals surface area (Å²) in [6.07, 6.45) is 2.96. The molecule has 0 spiro atoms. The molecule has 0 aliphatic heterocycles. The molecular weight excluding hydrogens is 456 g/mol. The van der Waals surface area contributed by atoms with Crippen molar-refractivity contribution in [1.82, 2.24) is 5.32 Å². The first-order valence-corrected chi connectivity index (χ1v) is 11.0. The summed E-state index contributed by atoms with van der Waals surface area (Å²) in [7, 11) is -4.15. The summed E-state index contributed by atoms with van der Waals surface area (Å²) >= 11 is 5.08. The van der Waals surface area contributed by atoms with Gasteiger partial charge in [-0.1, -0.05) is 30.3 Å². The number of thiocarbonyl (C=S) groups is 1. The van der Waals surface area contributed by atoms with E-state index in [2.05, 4.69) is 10.6 Å². The zero-order chi connectivity index (χ0) is 23.1. The van der Waals surface area contributed by atoms with E-state index >= 15 is 0 Å². The Morgan fingerprint density at radius 1 is 0.938 bits per heavy atom. The number of carbonyl (C=O) groups excluding carboxylic acids is 1. The summed E-state index contributed by atoms with van der Waals surface area (Å²) in [5.41, 5.74) is 0.767. The summed E-state index contributed by atoms with van der Waals surface area (Å²) in [4.78, 5) is 11.8. The SMILES string of the molecule is O=C(/C=C/c1ccccc1)NC(=S)Nc1ccc(S(=O)(=O)Nc2cc(F)ccc2F)cc1. The third-order valence-corrected chi connectivity index (χ3v) is 5.64. The number of hydrogen-bond acceptors (Lipinski definition) is 4. The molecule has 0 aliphatic rings. The first-order valence-electron chi connectivity index (χ1n) is 9.16. The van der Waals surface area contributed by atoms with Crippen LogP contribution in [0.15, 0.2) is 83.8 Å². The van der Waals surface area contributed by atoms with Gasteiger partial charge in [-0.05, 0) is 60.3 Å². The van der Waals surface area contributed by atoms with Crippen molar-refractivity contribution >= 4 is 50.7 Å². The normalized spacial score (nSPS) is 11.2. The fourth-order valence-electron chi connectivity index (χ4n) is 2.55. The highest BCUT2D eigenvalue weighted by Crippen LogP contribution is 2.21. The van der Waals surface area contributed by atoms with Crippen LogP contribution in [0.5, 0.6) is 0 Å². The van der Waals surface area contributed by atoms with Gasteiger partial charge >= 0.3 is 0 Å². The second-order valence-corrected chi connectivity index (χ2v) is 8.53. The van der Waals surface area contributed by atoms with E-state index in [9.17, 15) is 22.0 Å². The Kier molecular flexibility index (Phi) is 7.29. The molecule has 3 aromatic rings. The lowest BCUT2D eigenvalue weighted by molar-refractivity contribution is -0.115. The topological polar surface area (TPSA) is 87.3 Å². The lowest BCUT2D eigenvalue weighted by Crippen LogP contribution is -2.32. The van der Waals surface area contributed by atoms with Crippen molar-refractivity contribution < 1.29 is 22.0 Å². The Balaban J connectivity index is 1.60. The first kappa shape index (κ1) is 23.0. The van der Waals surface area contributed by atoms with Gasteiger partial charge in [-0.25, -0.2) is 17.2 Å². The third kappa shape index (κ3) is 6.43. The van der Waals surface area contributed by atoms with Gasteiger partial charge in [0.05, 0.1) is 10.6 Å². The molecule has 0 atom stereocenters. The number of halogens is 2. The predicted octanol–water partition coefficient (Wildman–Crippen LogP) is 4.29. The van der Waals surface area contributed by atoms with E-state index in [1.165, 1.54) is 30.3 Å². The molecule has 0 fully saturated rings. The maximum absolute atomic E-state index is 13.7. The van der Waals surface area contributed by atoms with E-state index in [-0.39, 0.29) is 10.0 Å². The second kappa shape index (κ2) is 10.1. The molecule has 3 aromatic carbocycles. The fourth-order valence-corrected chi connectivity index (χ4v) is 3.83. The summed E-state index contributed by atoms with van der Waals surface area (Å²) in [6.45, 7) is 0. The predicted molar refractivity (Wildman–Crippen MR) is 123 cm³/mol. The van der Waals surface area contributed by atoms with Crippen molar-refractivity contribution in [3.05, 3.63) is 96.1 Å². The number of hydrogen-bond donors (Lipinski definition) is 3. The van der Waals surface area contributed by atoms with Crippen LogP contribution in [-0.4, -0.2) is 19.4 Å². The van der Waals surface area contributed by atoms with E-state index < -0.39 is 33.3 Å². The Labute approximate surface area is 189 Å². The highest BCUT2D eigenvalue weighted by atomic mass is 32.2. The van der Waals surface area contributed by atoms with Crippen molar-refractivity contribution in [2.45, 2.75) is 4.90 Å². The Morgan fingerprint density at radius 3 is 2.31 bits per heavy atom. The second-order valence-electron chi connectivity index (χ2n) is 6.44. The van der Waals surface area contributed by atoms with Crippen molar-refractivity contribution in [3.63, 3.8) is 0 Å². The fraction of sp³-hybridized carbons (Fsp3) is 0. The number of benzene rings is 3. The molecule has 0 bridgehead atoms. The van der Waals surface area contributed by atoms with Crippen LogP contribution in [-0.2, 0) is 14.8 Å². The average Bonchev–Trinajstić information content (AvgIpc) is 2.76. The number of carbonyl (C=O) groups is 1. The Hall–Kier alpha value is -3.63. The van der Waals surface area contributed by atoms with Crippen molar-refractivity contribution in [1.29, 1.82) is 0 Å². The first-order chi connectivity index (χ1) is 15.2. The maximum Gasteiger partial charge on any atom is 0.261 e. The molecule has 3 N–H and O–H groups in total. The molecule has 0 saturated heterocycles. The molecule has 6 nitrogen and oxygen atoms in total. The molecule has 10 heteroatoms. The van der Waals surface area contributed by atoms with Crippen molar-refractivity contribution in [2.75, 3.05) is 10.0 Å². The minimum absolute atomic E-state index is 0.0169. The molecule has 0 saturated carbocycles. The van der Waals surface area contributed by atoms with Crippen LogP contribution in [0.1, 0.15) is 5.56 Å². The molecule has 0 unspecified atom stereocenters. The van der Waals surface area contributed by atoms with Crippen LogP contribution in [0, 0.1) is 11.6 Å². The molecule has 0 heterocycles. The van der Waals surface area contributed by atoms with E-state index in [4.69, 9.17) is 12.2 Å². The minimum atomic E-state index is -4.15. The standard InChI is InChI=1S/C22H17F2N3O3S2/c23-16-7-12-19(24)20(14-16)27-32(29,30)18-10-8-17(9-11-18)25-22(31)26-21(28)13-6-15-4-2-1-3-5-15/h1-14,27H,(H2,25,26,28,31)/b13-6+. The highest BCUT2D eigenvalue weighted by molar-refractivity contribution is 7.92. The van der Waals surface area contributed by atoms with E-state index in [0.717, 1.165) is 23.8 Å². The smallest absolute Gasteiger partial charge is 0.261 e. The number of anilines is 2. The zero-order valence-corrected chi connectivity index (χ0v) is 18.0. The highest BCUT2D eigenvalue weighted by Gasteiger charge is 2.17. The summed E-state index contributed by atoms with van der Waals surface area (Å²) < 4.78 is 53.8. The number of rotatable bonds is 6.